The lowest BCUT2D eigenvalue weighted by molar-refractivity contribution is -0.120. The van der Waals surface area contributed by atoms with Crippen LogP contribution in [0.4, 0.5) is 0 Å². The van der Waals surface area contributed by atoms with Crippen LogP contribution in [0.5, 0.6) is 5.88 Å². The van der Waals surface area contributed by atoms with Gasteiger partial charge in [0.1, 0.15) is 5.78 Å². The fourth-order valence-corrected chi connectivity index (χ4v) is 2.84. The predicted molar refractivity (Wildman–Crippen MR) is 95.8 cm³/mol. The Morgan fingerprint density at radius 1 is 1.17 bits per heavy atom. The molecule has 1 unspecified atom stereocenters. The second-order valence-corrected chi connectivity index (χ2v) is 7.00. The number of nitrogens with zero attached hydrogens (tertiary/aromatic N) is 1. The summed E-state index contributed by atoms with van der Waals surface area (Å²) in [5, 5.41) is 0. The van der Waals surface area contributed by atoms with Crippen LogP contribution in [0.15, 0.2) is 47.1 Å². The number of hydrogen-bond donors (Lipinski definition) is 0. The monoisotopic (exact) mass is 375 g/mol. The molecule has 0 fully saturated rings. The molecule has 2 rings (SSSR count). The van der Waals surface area contributed by atoms with Gasteiger partial charge in [-0.3, -0.25) is 4.79 Å². The van der Waals surface area contributed by atoms with Crippen LogP contribution in [0.3, 0.4) is 0 Å². The second kappa shape index (κ2) is 8.25. The number of benzene rings is 1. The van der Waals surface area contributed by atoms with E-state index in [1.807, 2.05) is 30.3 Å². The van der Waals surface area contributed by atoms with E-state index < -0.39 is 0 Å². The van der Waals surface area contributed by atoms with E-state index in [1.165, 1.54) is 0 Å². The molecule has 122 valence electrons. The lowest BCUT2D eigenvalue weighted by atomic mass is 9.85. The average molecular weight is 376 g/mol. The molecule has 0 bridgehead atoms. The summed E-state index contributed by atoms with van der Waals surface area (Å²) in [5.74, 6) is 1.17. The molecule has 4 heteroatoms. The lowest BCUT2D eigenvalue weighted by Crippen LogP contribution is -2.17. The number of rotatable bonds is 7. The summed E-state index contributed by atoms with van der Waals surface area (Å²) in [6, 6.07) is 11.7. The summed E-state index contributed by atoms with van der Waals surface area (Å²) in [6.07, 6.45) is 2.96. The molecule has 0 aliphatic carbocycles. The molecule has 0 aliphatic rings. The van der Waals surface area contributed by atoms with E-state index >= 15 is 0 Å². The first-order chi connectivity index (χ1) is 11.0. The van der Waals surface area contributed by atoms with Gasteiger partial charge in [0.05, 0.1) is 7.11 Å². The maximum absolute atomic E-state index is 12.8. The highest BCUT2D eigenvalue weighted by atomic mass is 79.9. The number of Topliss-reactive ketones (excluding diaryl/α,β-unsaturated/α-hetero) is 1. The van der Waals surface area contributed by atoms with Crippen LogP contribution in [0.1, 0.15) is 37.3 Å². The van der Waals surface area contributed by atoms with Gasteiger partial charge in [-0.25, -0.2) is 4.98 Å². The van der Waals surface area contributed by atoms with Gasteiger partial charge in [-0.05, 0) is 35.6 Å². The first-order valence-corrected chi connectivity index (χ1v) is 8.56. The highest BCUT2D eigenvalue weighted by Gasteiger charge is 2.22. The number of carbonyl (C=O) groups excluding carboxylic acids is 1. The van der Waals surface area contributed by atoms with E-state index in [2.05, 4.69) is 34.8 Å². The number of halogens is 1. The third-order valence-corrected chi connectivity index (χ3v) is 4.28. The Morgan fingerprint density at radius 3 is 2.39 bits per heavy atom. The van der Waals surface area contributed by atoms with Crippen LogP contribution in [-0.4, -0.2) is 17.9 Å². The van der Waals surface area contributed by atoms with E-state index in [0.29, 0.717) is 18.2 Å². The molecule has 23 heavy (non-hydrogen) atoms. The Kier molecular flexibility index (Phi) is 6.34. The van der Waals surface area contributed by atoms with Crippen LogP contribution < -0.4 is 4.74 Å². The summed E-state index contributed by atoms with van der Waals surface area (Å²) in [6.45, 7) is 4.29. The van der Waals surface area contributed by atoms with Crippen molar-refractivity contribution in [3.8, 4) is 5.88 Å². The standard InChI is InChI=1S/C19H22BrNO2/c1-13(2)10-17(15-5-7-16(20)8-6-15)18(22)11-14-4-9-19(23-3)21-12-14/h4-9,12-13,17H,10-11H2,1-3H3. The molecule has 0 aliphatic heterocycles. The number of pyridine rings is 1. The van der Waals surface area contributed by atoms with Crippen molar-refractivity contribution < 1.29 is 9.53 Å². The summed E-state index contributed by atoms with van der Waals surface area (Å²) in [4.78, 5) is 17.0. The molecule has 0 saturated carbocycles. The minimum absolute atomic E-state index is 0.0785. The van der Waals surface area contributed by atoms with E-state index in [1.54, 1.807) is 19.4 Å². The summed E-state index contributed by atoms with van der Waals surface area (Å²) >= 11 is 3.44. The largest absolute Gasteiger partial charge is 0.481 e. The topological polar surface area (TPSA) is 39.2 Å². The fraction of sp³-hybridized carbons (Fsp3) is 0.368. The first kappa shape index (κ1) is 17.7. The molecule has 0 amide bonds. The van der Waals surface area contributed by atoms with Gasteiger partial charge in [0.25, 0.3) is 0 Å². The van der Waals surface area contributed by atoms with Crippen LogP contribution >= 0.6 is 15.9 Å². The van der Waals surface area contributed by atoms with Gasteiger partial charge in [0.15, 0.2) is 0 Å². The molecule has 1 atom stereocenters. The van der Waals surface area contributed by atoms with Gasteiger partial charge in [-0.1, -0.05) is 48.0 Å². The van der Waals surface area contributed by atoms with Crippen molar-refractivity contribution >= 4 is 21.7 Å². The van der Waals surface area contributed by atoms with E-state index in [4.69, 9.17) is 4.74 Å². The van der Waals surface area contributed by atoms with Crippen molar-refractivity contribution in [2.45, 2.75) is 32.6 Å². The van der Waals surface area contributed by atoms with Crippen molar-refractivity contribution in [1.82, 2.24) is 4.98 Å². The van der Waals surface area contributed by atoms with Crippen LogP contribution in [0.2, 0.25) is 0 Å². The van der Waals surface area contributed by atoms with Crippen LogP contribution in [-0.2, 0) is 11.2 Å². The van der Waals surface area contributed by atoms with Gasteiger partial charge in [-0.15, -0.1) is 0 Å². The Balaban J connectivity index is 2.16. The van der Waals surface area contributed by atoms with Gasteiger partial charge in [0, 0.05) is 29.1 Å². The predicted octanol–water partition coefficient (Wildman–Crippen LogP) is 4.79. The van der Waals surface area contributed by atoms with Crippen molar-refractivity contribution in [3.63, 3.8) is 0 Å². The fourth-order valence-electron chi connectivity index (χ4n) is 2.58. The number of ether oxygens (including phenoxy) is 1. The highest BCUT2D eigenvalue weighted by molar-refractivity contribution is 9.10. The molecular formula is C19H22BrNO2. The zero-order valence-corrected chi connectivity index (χ0v) is 15.3. The lowest BCUT2D eigenvalue weighted by Gasteiger charge is -2.18. The molecule has 0 N–H and O–H groups in total. The van der Waals surface area contributed by atoms with Gasteiger partial charge in [-0.2, -0.15) is 0 Å². The minimum Gasteiger partial charge on any atom is -0.481 e. The van der Waals surface area contributed by atoms with E-state index in [0.717, 1.165) is 22.0 Å². The second-order valence-electron chi connectivity index (χ2n) is 6.09. The molecule has 0 spiro atoms. The van der Waals surface area contributed by atoms with Gasteiger partial charge >= 0.3 is 0 Å². The average Bonchev–Trinajstić information content (AvgIpc) is 2.54. The smallest absolute Gasteiger partial charge is 0.212 e. The summed E-state index contributed by atoms with van der Waals surface area (Å²) in [7, 11) is 1.58. The Hall–Kier alpha value is -1.68. The van der Waals surface area contributed by atoms with Crippen molar-refractivity contribution in [1.29, 1.82) is 0 Å². The van der Waals surface area contributed by atoms with E-state index in [9.17, 15) is 4.79 Å². The normalized spacial score (nSPS) is 12.2. The minimum atomic E-state index is -0.0785. The number of methoxy groups -OCH3 is 1. The number of aromatic nitrogens is 1. The molecular weight excluding hydrogens is 354 g/mol. The molecule has 0 radical (unpaired) electrons. The number of carbonyl (C=O) groups is 1. The molecule has 1 heterocycles. The van der Waals surface area contributed by atoms with Crippen molar-refractivity contribution in [3.05, 3.63) is 58.2 Å². The quantitative estimate of drug-likeness (QED) is 0.697. The number of hydrogen-bond acceptors (Lipinski definition) is 3. The molecule has 2 aromatic rings. The maximum Gasteiger partial charge on any atom is 0.212 e. The third-order valence-electron chi connectivity index (χ3n) is 3.75. The third kappa shape index (κ3) is 5.17. The zero-order chi connectivity index (χ0) is 16.8. The molecule has 1 aromatic heterocycles. The molecule has 0 saturated heterocycles. The first-order valence-electron chi connectivity index (χ1n) is 7.76. The summed E-state index contributed by atoms with van der Waals surface area (Å²) < 4.78 is 6.08. The Bertz CT molecular complexity index is 635. The van der Waals surface area contributed by atoms with Crippen LogP contribution in [0, 0.1) is 5.92 Å². The Labute approximate surface area is 146 Å². The SMILES string of the molecule is COc1ccc(CC(=O)C(CC(C)C)c2ccc(Br)cc2)cn1. The molecule has 1 aromatic carbocycles. The van der Waals surface area contributed by atoms with Crippen LogP contribution in [0.25, 0.3) is 0 Å². The zero-order valence-electron chi connectivity index (χ0n) is 13.8. The maximum atomic E-state index is 12.8. The Morgan fingerprint density at radius 2 is 1.87 bits per heavy atom. The summed E-state index contributed by atoms with van der Waals surface area (Å²) in [5.41, 5.74) is 2.00. The van der Waals surface area contributed by atoms with Crippen molar-refractivity contribution in [2.24, 2.45) is 5.92 Å². The van der Waals surface area contributed by atoms with Gasteiger partial charge < -0.3 is 4.74 Å². The molecule has 3 nitrogen and oxygen atoms in total. The number of ketones is 1. The van der Waals surface area contributed by atoms with E-state index in [-0.39, 0.29) is 11.7 Å². The van der Waals surface area contributed by atoms with Gasteiger partial charge in [0.2, 0.25) is 5.88 Å². The van der Waals surface area contributed by atoms with Crippen molar-refractivity contribution in [2.75, 3.05) is 7.11 Å². The highest BCUT2D eigenvalue weighted by Crippen LogP contribution is 2.27.